The highest BCUT2D eigenvalue weighted by atomic mass is 16.5. The summed E-state index contributed by atoms with van der Waals surface area (Å²) < 4.78 is 5.38. The first-order valence-electron chi connectivity index (χ1n) is 9.14. The zero-order valence-corrected chi connectivity index (χ0v) is 14.6. The molecule has 0 radical (unpaired) electrons. The minimum absolute atomic E-state index is 0.104. The van der Waals surface area contributed by atoms with Crippen molar-refractivity contribution in [2.75, 3.05) is 26.4 Å². The summed E-state index contributed by atoms with van der Waals surface area (Å²) in [5, 5.41) is 12.8. The molecule has 0 aromatic heterocycles. The molecule has 1 aromatic rings. The lowest BCUT2D eigenvalue weighted by atomic mass is 9.81. The van der Waals surface area contributed by atoms with E-state index in [1.165, 1.54) is 24.0 Å². The van der Waals surface area contributed by atoms with E-state index in [1.807, 2.05) is 0 Å². The molecule has 0 spiro atoms. The fourth-order valence-electron chi connectivity index (χ4n) is 3.62. The number of ether oxygens (including phenoxy) is 1. The maximum atomic E-state index is 12.5. The number of aryl methyl sites for hydroxylation is 1. The standard InChI is InChI=1S/C20H29NO3/c1-15-2-4-16(5-3-15)18(17-6-7-17)12-19(23)21-13-20(14-22)8-10-24-11-9-20/h2-5,17-18,22H,6-14H2,1H3,(H,21,23). The predicted octanol–water partition coefficient (Wildman–Crippen LogP) is 2.78. The Balaban J connectivity index is 1.57. The van der Waals surface area contributed by atoms with Gasteiger partial charge in [-0.15, -0.1) is 0 Å². The van der Waals surface area contributed by atoms with Crippen LogP contribution in [0.15, 0.2) is 24.3 Å². The van der Waals surface area contributed by atoms with Crippen LogP contribution in [0.4, 0.5) is 0 Å². The summed E-state index contributed by atoms with van der Waals surface area (Å²) >= 11 is 0. The molecule has 24 heavy (non-hydrogen) atoms. The van der Waals surface area contributed by atoms with E-state index in [0.717, 1.165) is 12.8 Å². The number of aliphatic hydroxyl groups excluding tert-OH is 1. The van der Waals surface area contributed by atoms with Crippen LogP contribution in [0.25, 0.3) is 0 Å². The van der Waals surface area contributed by atoms with Gasteiger partial charge in [-0.3, -0.25) is 4.79 Å². The number of aliphatic hydroxyl groups is 1. The number of carbonyl (C=O) groups excluding carboxylic acids is 1. The summed E-state index contributed by atoms with van der Waals surface area (Å²) in [5.74, 6) is 1.07. The molecule has 1 unspecified atom stereocenters. The number of nitrogens with one attached hydrogen (secondary N) is 1. The lowest BCUT2D eigenvalue weighted by molar-refractivity contribution is -0.122. The molecule has 1 saturated heterocycles. The predicted molar refractivity (Wildman–Crippen MR) is 93.8 cm³/mol. The first-order valence-corrected chi connectivity index (χ1v) is 9.14. The van der Waals surface area contributed by atoms with Gasteiger partial charge in [0.05, 0.1) is 6.61 Å². The van der Waals surface area contributed by atoms with Crippen LogP contribution in [-0.2, 0) is 9.53 Å². The summed E-state index contributed by atoms with van der Waals surface area (Å²) in [6.45, 7) is 4.09. The van der Waals surface area contributed by atoms with E-state index in [-0.39, 0.29) is 17.9 Å². The zero-order valence-electron chi connectivity index (χ0n) is 14.6. The second-order valence-electron chi connectivity index (χ2n) is 7.61. The fraction of sp³-hybridized carbons (Fsp3) is 0.650. The highest BCUT2D eigenvalue weighted by Gasteiger charge is 2.35. The third kappa shape index (κ3) is 4.37. The van der Waals surface area contributed by atoms with E-state index in [1.54, 1.807) is 0 Å². The lowest BCUT2D eigenvalue weighted by Crippen LogP contribution is -2.44. The van der Waals surface area contributed by atoms with Crippen molar-refractivity contribution < 1.29 is 14.6 Å². The van der Waals surface area contributed by atoms with Crippen molar-refractivity contribution in [3.8, 4) is 0 Å². The van der Waals surface area contributed by atoms with Crippen LogP contribution in [0.1, 0.15) is 49.1 Å². The Labute approximate surface area is 144 Å². The Kier molecular flexibility index (Phi) is 5.57. The highest BCUT2D eigenvalue weighted by Crippen LogP contribution is 2.44. The molecule has 4 heteroatoms. The van der Waals surface area contributed by atoms with E-state index in [9.17, 15) is 9.90 Å². The molecule has 3 rings (SSSR count). The first-order chi connectivity index (χ1) is 11.6. The average molecular weight is 331 g/mol. The molecule has 1 heterocycles. The Hall–Kier alpha value is -1.39. The van der Waals surface area contributed by atoms with E-state index in [4.69, 9.17) is 4.74 Å². The quantitative estimate of drug-likeness (QED) is 0.808. The molecule has 1 aromatic carbocycles. The molecule has 0 bridgehead atoms. The number of amides is 1. The highest BCUT2D eigenvalue weighted by molar-refractivity contribution is 5.77. The Morgan fingerprint density at radius 2 is 1.96 bits per heavy atom. The van der Waals surface area contributed by atoms with Gasteiger partial charge in [-0.25, -0.2) is 0 Å². The zero-order chi connectivity index (χ0) is 17.0. The topological polar surface area (TPSA) is 58.6 Å². The average Bonchev–Trinajstić information content (AvgIpc) is 3.45. The van der Waals surface area contributed by atoms with Crippen molar-refractivity contribution in [1.82, 2.24) is 5.32 Å². The van der Waals surface area contributed by atoms with E-state index in [0.29, 0.717) is 38.0 Å². The van der Waals surface area contributed by atoms with Crippen molar-refractivity contribution >= 4 is 5.91 Å². The van der Waals surface area contributed by atoms with Gasteiger partial charge in [0, 0.05) is 31.6 Å². The Bertz CT molecular complexity index is 545. The lowest BCUT2D eigenvalue weighted by Gasteiger charge is -2.35. The molecular weight excluding hydrogens is 302 g/mol. The van der Waals surface area contributed by atoms with Crippen molar-refractivity contribution in [2.45, 2.75) is 44.9 Å². The van der Waals surface area contributed by atoms with E-state index < -0.39 is 0 Å². The van der Waals surface area contributed by atoms with Gasteiger partial charge in [-0.1, -0.05) is 29.8 Å². The molecular formula is C20H29NO3. The van der Waals surface area contributed by atoms with Gasteiger partial charge in [-0.2, -0.15) is 0 Å². The maximum absolute atomic E-state index is 12.5. The van der Waals surface area contributed by atoms with Crippen molar-refractivity contribution in [2.24, 2.45) is 11.3 Å². The number of hydrogen-bond acceptors (Lipinski definition) is 3. The van der Waals surface area contributed by atoms with Gasteiger partial charge in [0.15, 0.2) is 0 Å². The summed E-state index contributed by atoms with van der Waals surface area (Å²) in [4.78, 5) is 12.5. The minimum atomic E-state index is -0.202. The molecule has 1 saturated carbocycles. The molecule has 2 fully saturated rings. The SMILES string of the molecule is Cc1ccc(C(CC(=O)NCC2(CO)CCOCC2)C2CC2)cc1. The summed E-state index contributed by atoms with van der Waals surface area (Å²) in [7, 11) is 0. The second-order valence-corrected chi connectivity index (χ2v) is 7.61. The number of rotatable bonds is 7. The van der Waals surface area contributed by atoms with Crippen molar-refractivity contribution in [3.63, 3.8) is 0 Å². The van der Waals surface area contributed by atoms with Crippen LogP contribution in [0.3, 0.4) is 0 Å². The molecule has 132 valence electrons. The minimum Gasteiger partial charge on any atom is -0.396 e. The number of hydrogen-bond donors (Lipinski definition) is 2. The van der Waals surface area contributed by atoms with Crippen LogP contribution in [0.2, 0.25) is 0 Å². The van der Waals surface area contributed by atoms with Gasteiger partial charge in [0.2, 0.25) is 5.91 Å². The van der Waals surface area contributed by atoms with Gasteiger partial charge >= 0.3 is 0 Å². The van der Waals surface area contributed by atoms with E-state index in [2.05, 4.69) is 36.5 Å². The van der Waals surface area contributed by atoms with Gasteiger partial charge in [0.25, 0.3) is 0 Å². The van der Waals surface area contributed by atoms with Crippen LogP contribution >= 0.6 is 0 Å². The molecule has 1 aliphatic heterocycles. The first kappa shape index (κ1) is 17.4. The Morgan fingerprint density at radius 3 is 2.54 bits per heavy atom. The third-order valence-corrected chi connectivity index (χ3v) is 5.65. The molecule has 1 amide bonds. The van der Waals surface area contributed by atoms with E-state index >= 15 is 0 Å². The molecule has 1 atom stereocenters. The molecule has 2 N–H and O–H groups in total. The Morgan fingerprint density at radius 1 is 1.29 bits per heavy atom. The summed E-state index contributed by atoms with van der Waals surface area (Å²) in [6, 6.07) is 8.59. The summed E-state index contributed by atoms with van der Waals surface area (Å²) in [6.07, 6.45) is 4.63. The molecule has 4 nitrogen and oxygen atoms in total. The van der Waals surface area contributed by atoms with Crippen LogP contribution < -0.4 is 5.32 Å². The largest absolute Gasteiger partial charge is 0.396 e. The maximum Gasteiger partial charge on any atom is 0.220 e. The normalized spacial score (nSPS) is 21.2. The fourth-order valence-corrected chi connectivity index (χ4v) is 3.62. The van der Waals surface area contributed by atoms with Crippen LogP contribution in [0, 0.1) is 18.3 Å². The van der Waals surface area contributed by atoms with Gasteiger partial charge in [0.1, 0.15) is 0 Å². The number of benzene rings is 1. The van der Waals surface area contributed by atoms with Crippen molar-refractivity contribution in [3.05, 3.63) is 35.4 Å². The van der Waals surface area contributed by atoms with Gasteiger partial charge < -0.3 is 15.2 Å². The molecule has 2 aliphatic rings. The van der Waals surface area contributed by atoms with Crippen molar-refractivity contribution in [1.29, 1.82) is 0 Å². The smallest absolute Gasteiger partial charge is 0.220 e. The van der Waals surface area contributed by atoms with Crippen LogP contribution in [0.5, 0.6) is 0 Å². The second kappa shape index (κ2) is 7.66. The van der Waals surface area contributed by atoms with Crippen LogP contribution in [-0.4, -0.2) is 37.4 Å². The number of carbonyl (C=O) groups is 1. The monoisotopic (exact) mass is 331 g/mol. The summed E-state index contributed by atoms with van der Waals surface area (Å²) in [5.41, 5.74) is 2.33. The molecule has 1 aliphatic carbocycles. The van der Waals surface area contributed by atoms with Gasteiger partial charge in [-0.05, 0) is 50.0 Å². The third-order valence-electron chi connectivity index (χ3n) is 5.65.